The third-order valence-corrected chi connectivity index (χ3v) is 8.45. The SMILES string of the molecule is Cn1nc(-c2ccc(C(=O)N3CC4(C3)CC(F)(F)C4)cc2)nc1Nc1ccc(B2OC(C)(C)C(C)(C)O2)cc1. The topological polar surface area (TPSA) is 81.5 Å². The number of benzene rings is 2. The zero-order valence-corrected chi connectivity index (χ0v) is 22.8. The van der Waals surface area contributed by atoms with Crippen molar-refractivity contribution < 1.29 is 22.9 Å². The molecule has 1 spiro atoms. The van der Waals surface area contributed by atoms with Crippen LogP contribution in [0.15, 0.2) is 48.5 Å². The molecule has 1 aromatic heterocycles. The number of hydrogen-bond acceptors (Lipinski definition) is 6. The van der Waals surface area contributed by atoms with Crippen LogP contribution in [0.2, 0.25) is 0 Å². The molecule has 2 aromatic carbocycles. The van der Waals surface area contributed by atoms with Crippen LogP contribution in [0.25, 0.3) is 11.4 Å². The van der Waals surface area contributed by atoms with E-state index in [0.29, 0.717) is 30.4 Å². The first-order valence-corrected chi connectivity index (χ1v) is 13.2. The number of likely N-dealkylation sites (tertiary alicyclic amines) is 1. The number of carbonyl (C=O) groups is 1. The third kappa shape index (κ3) is 4.61. The Balaban J connectivity index is 1.09. The van der Waals surface area contributed by atoms with Gasteiger partial charge in [0.05, 0.1) is 11.2 Å². The van der Waals surface area contributed by atoms with Crippen LogP contribution in [0.4, 0.5) is 20.4 Å². The van der Waals surface area contributed by atoms with Crippen LogP contribution in [0.1, 0.15) is 50.9 Å². The van der Waals surface area contributed by atoms with E-state index in [0.717, 1.165) is 16.7 Å². The number of alkyl halides is 2. The first-order valence-electron chi connectivity index (χ1n) is 13.2. The second-order valence-electron chi connectivity index (χ2n) is 12.2. The number of hydrogen-bond donors (Lipinski definition) is 1. The second kappa shape index (κ2) is 8.60. The minimum Gasteiger partial charge on any atom is -0.399 e. The molecule has 0 radical (unpaired) electrons. The first kappa shape index (κ1) is 25.9. The van der Waals surface area contributed by atoms with E-state index in [2.05, 4.69) is 15.4 Å². The van der Waals surface area contributed by atoms with Gasteiger partial charge in [-0.1, -0.05) is 24.3 Å². The normalized spacial score (nSPS) is 21.9. The van der Waals surface area contributed by atoms with E-state index in [-0.39, 0.29) is 24.2 Å². The summed E-state index contributed by atoms with van der Waals surface area (Å²) in [6, 6.07) is 14.9. The van der Waals surface area contributed by atoms with Gasteiger partial charge in [0.15, 0.2) is 5.82 Å². The van der Waals surface area contributed by atoms with Crippen molar-refractivity contribution in [2.24, 2.45) is 12.5 Å². The molecule has 39 heavy (non-hydrogen) atoms. The van der Waals surface area contributed by atoms with E-state index in [1.54, 1.807) is 40.9 Å². The van der Waals surface area contributed by atoms with Crippen molar-refractivity contribution >= 4 is 30.1 Å². The summed E-state index contributed by atoms with van der Waals surface area (Å²) in [6.07, 6.45) is -0.233. The summed E-state index contributed by atoms with van der Waals surface area (Å²) < 4.78 is 40.4. The Morgan fingerprint density at radius 3 is 2.10 bits per heavy atom. The van der Waals surface area contributed by atoms with E-state index in [1.807, 2.05) is 52.0 Å². The molecule has 2 saturated heterocycles. The molecule has 1 amide bonds. The third-order valence-electron chi connectivity index (χ3n) is 8.45. The molecule has 3 aliphatic rings. The molecule has 0 bridgehead atoms. The van der Waals surface area contributed by atoms with Crippen LogP contribution < -0.4 is 10.8 Å². The van der Waals surface area contributed by atoms with Crippen LogP contribution in [0.5, 0.6) is 0 Å². The standard InChI is InChI=1S/C28H32BF2N5O3/c1-25(2)26(3,4)39-29(38-25)20-10-12-21(13-11-20)32-24-33-22(34-35(24)5)18-6-8-19(9-7-18)23(37)36-16-27(17-36)14-28(30,31)15-27/h6-13H,14-17H2,1-5H3,(H,32,33,34). The van der Waals surface area contributed by atoms with Gasteiger partial charge in [-0.15, -0.1) is 5.10 Å². The Labute approximate surface area is 226 Å². The molecular formula is C28H32BF2N5O3. The van der Waals surface area contributed by atoms with Crippen LogP contribution in [0, 0.1) is 5.41 Å². The monoisotopic (exact) mass is 535 g/mol. The fraction of sp³-hybridized carbons (Fsp3) is 0.464. The van der Waals surface area contributed by atoms with E-state index in [9.17, 15) is 13.6 Å². The van der Waals surface area contributed by atoms with Crippen molar-refractivity contribution in [1.29, 1.82) is 0 Å². The van der Waals surface area contributed by atoms with Gasteiger partial charge in [0, 0.05) is 55.2 Å². The van der Waals surface area contributed by atoms with Gasteiger partial charge in [-0.3, -0.25) is 4.79 Å². The van der Waals surface area contributed by atoms with Crippen molar-refractivity contribution in [2.45, 2.75) is 57.7 Å². The summed E-state index contributed by atoms with van der Waals surface area (Å²) in [7, 11) is 1.38. The van der Waals surface area contributed by atoms with Crippen molar-refractivity contribution in [3.63, 3.8) is 0 Å². The summed E-state index contributed by atoms with van der Waals surface area (Å²) in [5.41, 5.74) is 1.89. The largest absolute Gasteiger partial charge is 0.494 e. The molecule has 204 valence electrons. The number of nitrogens with one attached hydrogen (secondary N) is 1. The average Bonchev–Trinajstić information content (AvgIpc) is 3.30. The maximum Gasteiger partial charge on any atom is 0.494 e. The lowest BCUT2D eigenvalue weighted by Crippen LogP contribution is -2.66. The van der Waals surface area contributed by atoms with Gasteiger partial charge in [-0.05, 0) is 57.4 Å². The van der Waals surface area contributed by atoms with Gasteiger partial charge in [-0.2, -0.15) is 4.98 Å². The lowest BCUT2D eigenvalue weighted by atomic mass is 9.61. The molecule has 11 heteroatoms. The molecule has 3 heterocycles. The molecule has 3 aromatic rings. The fourth-order valence-electron chi connectivity index (χ4n) is 5.57. The van der Waals surface area contributed by atoms with Crippen molar-refractivity contribution in [2.75, 3.05) is 18.4 Å². The van der Waals surface area contributed by atoms with Gasteiger partial charge < -0.3 is 19.5 Å². The molecule has 6 rings (SSSR count). The fourth-order valence-corrected chi connectivity index (χ4v) is 5.57. The number of anilines is 2. The highest BCUT2D eigenvalue weighted by Gasteiger charge is 2.62. The number of amides is 1. The number of rotatable bonds is 5. The Morgan fingerprint density at radius 2 is 1.54 bits per heavy atom. The number of aryl methyl sites for hydroxylation is 1. The Bertz CT molecular complexity index is 1390. The summed E-state index contributed by atoms with van der Waals surface area (Å²) in [5.74, 6) is -1.62. The highest BCUT2D eigenvalue weighted by molar-refractivity contribution is 6.62. The lowest BCUT2D eigenvalue weighted by Gasteiger charge is -2.58. The number of carbonyl (C=O) groups excluding carboxylic acids is 1. The molecule has 1 N–H and O–H groups in total. The van der Waals surface area contributed by atoms with E-state index in [1.165, 1.54) is 0 Å². The van der Waals surface area contributed by atoms with E-state index >= 15 is 0 Å². The molecule has 0 unspecified atom stereocenters. The molecular weight excluding hydrogens is 503 g/mol. The van der Waals surface area contributed by atoms with Gasteiger partial charge in [0.2, 0.25) is 11.9 Å². The molecule has 3 fully saturated rings. The van der Waals surface area contributed by atoms with E-state index < -0.39 is 24.2 Å². The smallest absolute Gasteiger partial charge is 0.399 e. The maximum atomic E-state index is 13.3. The Kier molecular flexibility index (Phi) is 5.72. The predicted molar refractivity (Wildman–Crippen MR) is 144 cm³/mol. The quantitative estimate of drug-likeness (QED) is 0.488. The van der Waals surface area contributed by atoms with Crippen molar-refractivity contribution in [3.05, 3.63) is 54.1 Å². The zero-order chi connectivity index (χ0) is 27.8. The predicted octanol–water partition coefficient (Wildman–Crippen LogP) is 4.40. The second-order valence-corrected chi connectivity index (χ2v) is 12.2. The zero-order valence-electron chi connectivity index (χ0n) is 22.8. The number of halogens is 2. The van der Waals surface area contributed by atoms with Crippen LogP contribution in [-0.4, -0.2) is 62.9 Å². The molecule has 2 aliphatic heterocycles. The summed E-state index contributed by atoms with van der Waals surface area (Å²) in [6.45, 7) is 8.92. The van der Waals surface area contributed by atoms with Crippen LogP contribution in [-0.2, 0) is 16.4 Å². The van der Waals surface area contributed by atoms with Crippen molar-refractivity contribution in [3.8, 4) is 11.4 Å². The average molecular weight is 535 g/mol. The summed E-state index contributed by atoms with van der Waals surface area (Å²) >= 11 is 0. The van der Waals surface area contributed by atoms with Gasteiger partial charge >= 0.3 is 7.12 Å². The first-order chi connectivity index (χ1) is 18.2. The van der Waals surface area contributed by atoms with E-state index in [4.69, 9.17) is 9.31 Å². The highest BCUT2D eigenvalue weighted by atomic mass is 19.3. The molecule has 8 nitrogen and oxygen atoms in total. The Hall–Kier alpha value is -3.31. The van der Waals surface area contributed by atoms with Gasteiger partial charge in [0.25, 0.3) is 5.91 Å². The van der Waals surface area contributed by atoms with Crippen molar-refractivity contribution in [1.82, 2.24) is 19.7 Å². The van der Waals surface area contributed by atoms with Crippen LogP contribution in [0.3, 0.4) is 0 Å². The molecule has 0 atom stereocenters. The maximum absolute atomic E-state index is 13.3. The number of nitrogens with zero attached hydrogens (tertiary/aromatic N) is 4. The van der Waals surface area contributed by atoms with Crippen LogP contribution >= 0.6 is 0 Å². The summed E-state index contributed by atoms with van der Waals surface area (Å²) in [5, 5.41) is 7.80. The molecule has 1 aliphatic carbocycles. The minimum atomic E-state index is -2.57. The minimum absolute atomic E-state index is 0.116. The van der Waals surface area contributed by atoms with Gasteiger partial charge in [0.1, 0.15) is 0 Å². The van der Waals surface area contributed by atoms with Gasteiger partial charge in [-0.25, -0.2) is 13.5 Å². The summed E-state index contributed by atoms with van der Waals surface area (Å²) in [4.78, 5) is 19.0. The number of aromatic nitrogens is 3. The Morgan fingerprint density at radius 1 is 0.949 bits per heavy atom. The highest BCUT2D eigenvalue weighted by Crippen LogP contribution is 2.56. The molecule has 1 saturated carbocycles. The lowest BCUT2D eigenvalue weighted by molar-refractivity contribution is -0.203.